The van der Waals surface area contributed by atoms with Crippen molar-refractivity contribution in [3.63, 3.8) is 0 Å². The summed E-state index contributed by atoms with van der Waals surface area (Å²) in [4.78, 5) is 13.8. The van der Waals surface area contributed by atoms with Gasteiger partial charge in [-0.05, 0) is 25.7 Å². The normalized spacial score (nSPS) is 16.4. The molecule has 106 valence electrons. The van der Waals surface area contributed by atoms with E-state index in [1.54, 1.807) is 0 Å². The lowest BCUT2D eigenvalue weighted by Crippen LogP contribution is -2.52. The molecule has 0 spiro atoms. The van der Waals surface area contributed by atoms with Gasteiger partial charge < -0.3 is 15.0 Å². The van der Waals surface area contributed by atoms with Crippen molar-refractivity contribution in [2.45, 2.75) is 40.2 Å². The van der Waals surface area contributed by atoms with E-state index in [-0.39, 0.29) is 12.0 Å². The van der Waals surface area contributed by atoms with Crippen LogP contribution in [0, 0.1) is 11.8 Å². The minimum Gasteiger partial charge on any atom is -0.377 e. The number of carbonyl (C=O) groups excluding carboxylic acids is 1. The molecule has 18 heavy (non-hydrogen) atoms. The van der Waals surface area contributed by atoms with Crippen LogP contribution < -0.4 is 5.32 Å². The Hall–Kier alpha value is -0.610. The number of hydrogen-bond donors (Lipinski definition) is 1. The molecule has 0 atom stereocenters. The summed E-state index contributed by atoms with van der Waals surface area (Å²) < 4.78 is 5.41. The first-order valence-electron chi connectivity index (χ1n) is 7.10. The van der Waals surface area contributed by atoms with Crippen LogP contribution >= 0.6 is 0 Å². The summed E-state index contributed by atoms with van der Waals surface area (Å²) in [6, 6.07) is 0. The molecule has 0 aromatic heterocycles. The lowest BCUT2D eigenvalue weighted by Gasteiger charge is -2.41. The van der Waals surface area contributed by atoms with E-state index in [9.17, 15) is 4.79 Å². The van der Waals surface area contributed by atoms with E-state index in [2.05, 4.69) is 19.2 Å². The molecule has 1 aliphatic heterocycles. The molecule has 1 heterocycles. The zero-order chi connectivity index (χ0) is 13.5. The Labute approximate surface area is 111 Å². The average molecular weight is 256 g/mol. The van der Waals surface area contributed by atoms with Crippen LogP contribution in [0.15, 0.2) is 0 Å². The molecule has 1 fully saturated rings. The Balaban J connectivity index is 1.95. The summed E-state index contributed by atoms with van der Waals surface area (Å²) >= 11 is 0. The number of nitrogens with one attached hydrogen (secondary N) is 1. The molecule has 1 N–H and O–H groups in total. The van der Waals surface area contributed by atoms with Gasteiger partial charge in [-0.25, -0.2) is 0 Å². The third-order valence-electron chi connectivity index (χ3n) is 3.45. The van der Waals surface area contributed by atoms with Crippen molar-refractivity contribution in [3.8, 4) is 0 Å². The molecule has 0 saturated carbocycles. The van der Waals surface area contributed by atoms with E-state index in [0.717, 1.165) is 26.2 Å². The first-order chi connectivity index (χ1) is 8.50. The van der Waals surface area contributed by atoms with Gasteiger partial charge in [0.2, 0.25) is 5.91 Å². The fourth-order valence-electron chi connectivity index (χ4n) is 1.98. The van der Waals surface area contributed by atoms with Crippen LogP contribution in [0.1, 0.15) is 34.1 Å². The van der Waals surface area contributed by atoms with Crippen LogP contribution in [0.2, 0.25) is 0 Å². The fraction of sp³-hybridized carbons (Fsp3) is 0.929. The summed E-state index contributed by atoms with van der Waals surface area (Å²) in [6.07, 6.45) is 0.884. The average Bonchev–Trinajstić information content (AvgIpc) is 2.19. The zero-order valence-electron chi connectivity index (χ0n) is 12.2. The summed E-state index contributed by atoms with van der Waals surface area (Å²) in [5.74, 6) is 1.69. The molecular formula is C14H28N2O2. The van der Waals surface area contributed by atoms with Crippen LogP contribution in [0.5, 0.6) is 0 Å². The second-order valence-corrected chi connectivity index (χ2v) is 5.72. The Kier molecular flexibility index (Phi) is 6.65. The first-order valence-corrected chi connectivity index (χ1v) is 7.10. The molecule has 0 unspecified atom stereocenters. The van der Waals surface area contributed by atoms with Gasteiger partial charge in [0.05, 0.1) is 12.7 Å². The second kappa shape index (κ2) is 7.74. The van der Waals surface area contributed by atoms with Crippen LogP contribution in [0.25, 0.3) is 0 Å². The number of likely N-dealkylation sites (tertiary alicyclic amines) is 1. The maximum atomic E-state index is 11.8. The molecule has 0 bridgehead atoms. The predicted molar refractivity (Wildman–Crippen MR) is 73.5 cm³/mol. The van der Waals surface area contributed by atoms with Crippen molar-refractivity contribution < 1.29 is 9.53 Å². The molecule has 4 heteroatoms. The SMILES string of the molecule is CC(C)OCCNCCC(=O)N1CC(C(C)C)C1. The minimum atomic E-state index is 0.280. The minimum absolute atomic E-state index is 0.280. The van der Waals surface area contributed by atoms with Crippen molar-refractivity contribution in [3.05, 3.63) is 0 Å². The molecule has 1 amide bonds. The van der Waals surface area contributed by atoms with Crippen molar-refractivity contribution in [1.82, 2.24) is 10.2 Å². The van der Waals surface area contributed by atoms with Gasteiger partial charge in [0.25, 0.3) is 0 Å². The lowest BCUT2D eigenvalue weighted by molar-refractivity contribution is -0.138. The van der Waals surface area contributed by atoms with Crippen LogP contribution in [-0.4, -0.2) is 49.7 Å². The number of hydrogen-bond acceptors (Lipinski definition) is 3. The number of nitrogens with zero attached hydrogens (tertiary/aromatic N) is 1. The fourth-order valence-corrected chi connectivity index (χ4v) is 1.98. The predicted octanol–water partition coefficient (Wildman–Crippen LogP) is 1.51. The van der Waals surface area contributed by atoms with Crippen molar-refractivity contribution in [1.29, 1.82) is 0 Å². The van der Waals surface area contributed by atoms with E-state index >= 15 is 0 Å². The highest BCUT2D eigenvalue weighted by Gasteiger charge is 2.31. The van der Waals surface area contributed by atoms with E-state index in [1.807, 2.05) is 18.7 Å². The maximum absolute atomic E-state index is 11.8. The largest absolute Gasteiger partial charge is 0.377 e. The van der Waals surface area contributed by atoms with Gasteiger partial charge in [0, 0.05) is 32.6 Å². The van der Waals surface area contributed by atoms with Crippen molar-refractivity contribution >= 4 is 5.91 Å². The summed E-state index contributed by atoms with van der Waals surface area (Å²) in [7, 11) is 0. The van der Waals surface area contributed by atoms with Crippen LogP contribution in [0.4, 0.5) is 0 Å². The lowest BCUT2D eigenvalue weighted by atomic mass is 9.88. The Morgan fingerprint density at radius 2 is 1.94 bits per heavy atom. The maximum Gasteiger partial charge on any atom is 0.223 e. The summed E-state index contributed by atoms with van der Waals surface area (Å²) in [5, 5.41) is 3.24. The van der Waals surface area contributed by atoms with Crippen molar-refractivity contribution in [2.24, 2.45) is 11.8 Å². The monoisotopic (exact) mass is 256 g/mol. The Bertz CT molecular complexity index is 248. The van der Waals surface area contributed by atoms with Gasteiger partial charge in [0.15, 0.2) is 0 Å². The first kappa shape index (κ1) is 15.4. The molecule has 4 nitrogen and oxygen atoms in total. The Morgan fingerprint density at radius 1 is 1.28 bits per heavy atom. The number of carbonyl (C=O) groups is 1. The molecule has 1 rings (SSSR count). The highest BCUT2D eigenvalue weighted by Crippen LogP contribution is 2.23. The van der Waals surface area contributed by atoms with Crippen LogP contribution in [0.3, 0.4) is 0 Å². The van der Waals surface area contributed by atoms with Gasteiger partial charge in [-0.3, -0.25) is 4.79 Å². The summed E-state index contributed by atoms with van der Waals surface area (Å²) in [6.45, 7) is 12.7. The molecule has 0 aliphatic carbocycles. The van der Waals surface area contributed by atoms with Gasteiger partial charge >= 0.3 is 0 Å². The van der Waals surface area contributed by atoms with Crippen LogP contribution in [-0.2, 0) is 9.53 Å². The quantitative estimate of drug-likeness (QED) is 0.669. The molecule has 0 radical (unpaired) electrons. The molecule has 0 aromatic rings. The van der Waals surface area contributed by atoms with E-state index in [0.29, 0.717) is 24.9 Å². The summed E-state index contributed by atoms with van der Waals surface area (Å²) in [5.41, 5.74) is 0. The molecule has 1 aliphatic rings. The molecule has 1 saturated heterocycles. The highest BCUT2D eigenvalue weighted by molar-refractivity contribution is 5.77. The third kappa shape index (κ3) is 5.36. The second-order valence-electron chi connectivity index (χ2n) is 5.72. The van der Waals surface area contributed by atoms with Crippen molar-refractivity contribution in [2.75, 3.05) is 32.8 Å². The number of amides is 1. The van der Waals surface area contributed by atoms with E-state index in [4.69, 9.17) is 4.74 Å². The zero-order valence-corrected chi connectivity index (χ0v) is 12.2. The van der Waals surface area contributed by atoms with Gasteiger partial charge in [-0.2, -0.15) is 0 Å². The standard InChI is InChI=1S/C14H28N2O2/c1-11(2)13-9-16(10-13)14(17)5-6-15-7-8-18-12(3)4/h11-13,15H,5-10H2,1-4H3. The van der Waals surface area contributed by atoms with E-state index in [1.165, 1.54) is 0 Å². The van der Waals surface area contributed by atoms with Gasteiger partial charge in [-0.1, -0.05) is 13.8 Å². The van der Waals surface area contributed by atoms with Gasteiger partial charge in [-0.15, -0.1) is 0 Å². The van der Waals surface area contributed by atoms with Gasteiger partial charge in [0.1, 0.15) is 0 Å². The number of rotatable bonds is 8. The smallest absolute Gasteiger partial charge is 0.223 e. The molecular weight excluding hydrogens is 228 g/mol. The third-order valence-corrected chi connectivity index (χ3v) is 3.45. The highest BCUT2D eigenvalue weighted by atomic mass is 16.5. The topological polar surface area (TPSA) is 41.6 Å². The Morgan fingerprint density at radius 3 is 2.50 bits per heavy atom. The van der Waals surface area contributed by atoms with E-state index < -0.39 is 0 Å². The molecule has 0 aromatic carbocycles. The number of ether oxygens (including phenoxy) is 1.